The fourth-order valence-electron chi connectivity index (χ4n) is 6.70. The quantitative estimate of drug-likeness (QED) is 0.314. The Hall–Kier alpha value is -2.85. The van der Waals surface area contributed by atoms with E-state index in [1.165, 1.54) is 24.3 Å². The predicted molar refractivity (Wildman–Crippen MR) is 120 cm³/mol. The molecule has 0 spiro atoms. The maximum absolute atomic E-state index is 15.1. The molecule has 1 aromatic rings. The predicted octanol–water partition coefficient (Wildman–Crippen LogP) is 3.03. The average molecular weight is 506 g/mol. The number of hydrogen-bond donors (Lipinski definition) is 2. The van der Waals surface area contributed by atoms with Crippen molar-refractivity contribution < 1.29 is 42.5 Å². The molecule has 3 saturated carbocycles. The highest BCUT2D eigenvalue weighted by molar-refractivity contribution is 5.91. The molecule has 1 aromatic carbocycles. The van der Waals surface area contributed by atoms with Gasteiger partial charge in [-0.3, -0.25) is 4.79 Å². The van der Waals surface area contributed by atoms with Crippen molar-refractivity contribution in [2.24, 2.45) is 28.9 Å². The molecule has 2 unspecified atom stereocenters. The summed E-state index contributed by atoms with van der Waals surface area (Å²) in [5, 5.41) is 9.40. The van der Waals surface area contributed by atoms with Crippen molar-refractivity contribution in [3.05, 3.63) is 47.3 Å². The highest BCUT2D eigenvalue weighted by Crippen LogP contribution is 2.67. The first kappa shape index (κ1) is 24.8. The van der Waals surface area contributed by atoms with E-state index in [1.807, 2.05) is 6.92 Å². The van der Waals surface area contributed by atoms with Crippen molar-refractivity contribution in [3.8, 4) is 0 Å². The number of carboxylic acids is 1. The second kappa shape index (κ2) is 8.62. The second-order valence-electron chi connectivity index (χ2n) is 10.5. The number of carbonyl (C=O) groups is 3. The number of rotatable bonds is 8. The fourth-order valence-corrected chi connectivity index (χ4v) is 6.70. The van der Waals surface area contributed by atoms with E-state index in [9.17, 15) is 23.9 Å². The van der Waals surface area contributed by atoms with Crippen LogP contribution in [0.5, 0.6) is 0 Å². The Morgan fingerprint density at radius 1 is 1.17 bits per heavy atom. The van der Waals surface area contributed by atoms with Gasteiger partial charge in [0.05, 0.1) is 18.1 Å². The van der Waals surface area contributed by atoms with Gasteiger partial charge in [-0.15, -0.1) is 0 Å². The van der Waals surface area contributed by atoms with Crippen LogP contribution in [0.1, 0.15) is 44.6 Å². The molecule has 3 fully saturated rings. The minimum absolute atomic E-state index is 0.0478. The van der Waals surface area contributed by atoms with Crippen LogP contribution in [0.15, 0.2) is 35.9 Å². The van der Waals surface area contributed by atoms with Crippen molar-refractivity contribution in [3.63, 3.8) is 0 Å². The highest BCUT2D eigenvalue weighted by atomic mass is 19.1. The minimum Gasteiger partial charge on any atom is -0.479 e. The summed E-state index contributed by atoms with van der Waals surface area (Å²) in [6.07, 6.45) is 3.97. The standard InChI is InChI=1S/C26H29F2NO7/c1-14-9-16-3-2-8-24(16,11-14)22(32)35-13-36-23(33)26(29)19(10-18-20(26)25(18,28)21(30)31)34-12-15-4-6-17(27)7-5-15/h4-7,9,14,18-20H,2-3,8,10-13,29H2,1H3,(H,30,31)/t14?,18-,19-,20+,24?,25-,26+/m1/s1. The van der Waals surface area contributed by atoms with Crippen molar-refractivity contribution in [2.45, 2.75) is 62.9 Å². The molecule has 194 valence electrons. The van der Waals surface area contributed by atoms with E-state index < -0.39 is 65.1 Å². The number of allylic oxidation sites excluding steroid dienone is 1. The summed E-state index contributed by atoms with van der Waals surface area (Å²) in [7, 11) is 0. The zero-order valence-electron chi connectivity index (χ0n) is 19.9. The van der Waals surface area contributed by atoms with Gasteiger partial charge in [0.2, 0.25) is 12.5 Å². The van der Waals surface area contributed by atoms with E-state index in [-0.39, 0.29) is 18.9 Å². The van der Waals surface area contributed by atoms with Gasteiger partial charge in [-0.05, 0) is 55.7 Å². The molecule has 5 rings (SSSR count). The number of benzene rings is 1. The van der Waals surface area contributed by atoms with E-state index in [2.05, 4.69) is 6.08 Å². The van der Waals surface area contributed by atoms with Crippen molar-refractivity contribution in [1.29, 1.82) is 0 Å². The molecule has 4 aliphatic carbocycles. The number of carboxylic acid groups (broad SMARTS) is 1. The summed E-state index contributed by atoms with van der Waals surface area (Å²) in [6, 6.07) is 5.48. The van der Waals surface area contributed by atoms with Gasteiger partial charge in [-0.2, -0.15) is 0 Å². The Balaban J connectivity index is 1.26. The lowest BCUT2D eigenvalue weighted by molar-refractivity contribution is -0.181. The number of fused-ring (bicyclic) bond motifs is 2. The number of nitrogens with two attached hydrogens (primary N) is 1. The van der Waals surface area contributed by atoms with Crippen molar-refractivity contribution in [2.75, 3.05) is 6.79 Å². The molecule has 0 saturated heterocycles. The van der Waals surface area contributed by atoms with Gasteiger partial charge < -0.3 is 25.1 Å². The number of aliphatic carboxylic acids is 1. The summed E-state index contributed by atoms with van der Waals surface area (Å²) in [5.41, 5.74) is 2.56. The van der Waals surface area contributed by atoms with Crippen LogP contribution in [0.4, 0.5) is 8.78 Å². The number of esters is 2. The second-order valence-corrected chi connectivity index (χ2v) is 10.5. The molecule has 8 nitrogen and oxygen atoms in total. The lowest BCUT2D eigenvalue weighted by atomic mass is 9.82. The van der Waals surface area contributed by atoms with Gasteiger partial charge in [-0.25, -0.2) is 18.4 Å². The Bertz CT molecular complexity index is 1120. The van der Waals surface area contributed by atoms with Gasteiger partial charge >= 0.3 is 17.9 Å². The molecular formula is C26H29F2NO7. The number of ether oxygens (including phenoxy) is 3. The molecule has 0 aliphatic heterocycles. The van der Waals surface area contributed by atoms with Crippen LogP contribution >= 0.6 is 0 Å². The Kier molecular flexibility index (Phi) is 5.95. The van der Waals surface area contributed by atoms with Gasteiger partial charge in [-0.1, -0.05) is 30.7 Å². The van der Waals surface area contributed by atoms with Crippen LogP contribution in [0.3, 0.4) is 0 Å². The van der Waals surface area contributed by atoms with Gasteiger partial charge in [0, 0.05) is 11.8 Å². The Morgan fingerprint density at radius 3 is 2.56 bits per heavy atom. The molecule has 36 heavy (non-hydrogen) atoms. The molecular weight excluding hydrogens is 476 g/mol. The van der Waals surface area contributed by atoms with Crippen LogP contribution in [-0.4, -0.2) is 47.1 Å². The van der Waals surface area contributed by atoms with E-state index in [0.29, 0.717) is 18.4 Å². The zero-order chi connectivity index (χ0) is 25.9. The molecule has 4 aliphatic rings. The van der Waals surface area contributed by atoms with Crippen LogP contribution in [0, 0.1) is 29.0 Å². The van der Waals surface area contributed by atoms with Crippen molar-refractivity contribution in [1.82, 2.24) is 0 Å². The minimum atomic E-state index is -2.66. The summed E-state index contributed by atoms with van der Waals surface area (Å²) in [6.45, 7) is 1.27. The molecule has 0 amide bonds. The maximum Gasteiger partial charge on any atom is 0.342 e. The summed E-state index contributed by atoms with van der Waals surface area (Å²) >= 11 is 0. The van der Waals surface area contributed by atoms with E-state index in [1.54, 1.807) is 0 Å². The molecule has 0 heterocycles. The Morgan fingerprint density at radius 2 is 1.86 bits per heavy atom. The van der Waals surface area contributed by atoms with Crippen LogP contribution in [-0.2, 0) is 35.2 Å². The maximum atomic E-state index is 15.1. The van der Waals surface area contributed by atoms with E-state index in [0.717, 1.165) is 18.4 Å². The van der Waals surface area contributed by atoms with Crippen LogP contribution in [0.2, 0.25) is 0 Å². The first-order valence-electron chi connectivity index (χ1n) is 12.2. The third-order valence-corrected chi connectivity index (χ3v) is 8.44. The smallest absolute Gasteiger partial charge is 0.342 e. The van der Waals surface area contributed by atoms with E-state index in [4.69, 9.17) is 19.9 Å². The lowest BCUT2D eigenvalue weighted by Crippen LogP contribution is -2.61. The summed E-state index contributed by atoms with van der Waals surface area (Å²) in [4.78, 5) is 37.6. The number of carbonyl (C=O) groups excluding carboxylic acids is 2. The SMILES string of the molecule is CC1C=C2CCCC2(C(=O)OCOC(=O)[C@@]2(N)[C@H]3[C@@H](C[C@H]2OCc2ccc(F)cc2)[C@]3(F)C(=O)O)C1. The number of hydrogen-bond acceptors (Lipinski definition) is 7. The summed E-state index contributed by atoms with van der Waals surface area (Å²) in [5.74, 6) is -5.80. The summed E-state index contributed by atoms with van der Waals surface area (Å²) < 4.78 is 44.6. The van der Waals surface area contributed by atoms with Gasteiger partial charge in [0.15, 0.2) is 0 Å². The fraction of sp³-hybridized carbons (Fsp3) is 0.577. The van der Waals surface area contributed by atoms with Crippen LogP contribution < -0.4 is 5.73 Å². The first-order chi connectivity index (χ1) is 17.0. The number of halogens is 2. The van der Waals surface area contributed by atoms with Crippen molar-refractivity contribution >= 4 is 17.9 Å². The molecule has 7 atom stereocenters. The monoisotopic (exact) mass is 505 g/mol. The molecule has 10 heteroatoms. The molecule has 0 bridgehead atoms. The highest BCUT2D eigenvalue weighted by Gasteiger charge is 2.85. The largest absolute Gasteiger partial charge is 0.479 e. The zero-order valence-corrected chi connectivity index (χ0v) is 19.9. The van der Waals surface area contributed by atoms with Crippen LogP contribution in [0.25, 0.3) is 0 Å². The van der Waals surface area contributed by atoms with Gasteiger partial charge in [0.1, 0.15) is 11.4 Å². The third-order valence-electron chi connectivity index (χ3n) is 8.44. The number of alkyl halides is 1. The normalized spacial score (nSPS) is 38.2. The van der Waals surface area contributed by atoms with Gasteiger partial charge in [0.25, 0.3) is 0 Å². The molecule has 3 N–H and O–H groups in total. The average Bonchev–Trinajstić information content (AvgIpc) is 3.11. The topological polar surface area (TPSA) is 125 Å². The third kappa shape index (κ3) is 3.64. The molecule has 0 aromatic heterocycles. The first-order valence-corrected chi connectivity index (χ1v) is 12.2. The van der Waals surface area contributed by atoms with E-state index >= 15 is 4.39 Å². The molecule has 0 radical (unpaired) electrons. The Labute approximate surface area is 206 Å². The lowest BCUT2D eigenvalue weighted by Gasteiger charge is -2.33.